The molecule has 0 bridgehead atoms. The number of morpholine rings is 1. The Hall–Kier alpha value is -1.90. The number of urea groups is 1. The number of ether oxygens (including phenoxy) is 1. The van der Waals surface area contributed by atoms with E-state index in [2.05, 4.69) is 20.5 Å². The van der Waals surface area contributed by atoms with Crippen molar-refractivity contribution >= 4 is 39.8 Å². The van der Waals surface area contributed by atoms with E-state index >= 15 is 0 Å². The van der Waals surface area contributed by atoms with E-state index in [4.69, 9.17) is 16.3 Å². The van der Waals surface area contributed by atoms with Crippen LogP contribution in [0.5, 0.6) is 0 Å². The minimum absolute atomic E-state index is 0.0130. The van der Waals surface area contributed by atoms with Crippen LogP contribution >= 0.6 is 22.9 Å². The number of hydrogen-bond donors (Lipinski definition) is 2. The van der Waals surface area contributed by atoms with Crippen molar-refractivity contribution in [2.24, 2.45) is 0 Å². The van der Waals surface area contributed by atoms with Crippen LogP contribution in [0.25, 0.3) is 0 Å². The van der Waals surface area contributed by atoms with E-state index in [1.54, 1.807) is 0 Å². The van der Waals surface area contributed by atoms with Crippen molar-refractivity contribution in [1.29, 1.82) is 0 Å². The van der Waals surface area contributed by atoms with Crippen LogP contribution in [0.2, 0.25) is 5.02 Å². The van der Waals surface area contributed by atoms with Crippen LogP contribution in [-0.2, 0) is 11.3 Å². The number of rotatable bonds is 4. The zero-order valence-electron chi connectivity index (χ0n) is 12.7. The predicted octanol–water partition coefficient (Wildman–Crippen LogP) is 3.09. The highest BCUT2D eigenvalue weighted by atomic mass is 35.5. The molecule has 0 atom stereocenters. The molecule has 128 valence electrons. The van der Waals surface area contributed by atoms with Gasteiger partial charge in [-0.15, -0.1) is 11.3 Å². The fraction of sp³-hybridized carbons (Fsp3) is 0.333. The lowest BCUT2D eigenvalue weighted by atomic mass is 10.3. The smallest absolute Gasteiger partial charge is 0.319 e. The second-order valence-electron chi connectivity index (χ2n) is 5.16. The lowest BCUT2D eigenvalue weighted by Crippen LogP contribution is -2.36. The van der Waals surface area contributed by atoms with Crippen molar-refractivity contribution in [2.45, 2.75) is 6.54 Å². The molecule has 0 spiro atoms. The molecule has 1 aromatic carbocycles. The minimum atomic E-state index is -0.580. The van der Waals surface area contributed by atoms with Crippen molar-refractivity contribution in [1.82, 2.24) is 10.3 Å². The topological polar surface area (TPSA) is 66.5 Å². The van der Waals surface area contributed by atoms with Crippen LogP contribution in [0.3, 0.4) is 0 Å². The van der Waals surface area contributed by atoms with E-state index in [9.17, 15) is 9.18 Å². The normalized spacial score (nSPS) is 14.5. The van der Waals surface area contributed by atoms with Gasteiger partial charge in [0.25, 0.3) is 0 Å². The third kappa shape index (κ3) is 4.34. The summed E-state index contributed by atoms with van der Waals surface area (Å²) in [5, 5.41) is 8.09. The van der Waals surface area contributed by atoms with Crippen molar-refractivity contribution in [3.63, 3.8) is 0 Å². The summed E-state index contributed by atoms with van der Waals surface area (Å²) in [5.41, 5.74) is 1.11. The lowest BCUT2D eigenvalue weighted by Gasteiger charge is -2.26. The summed E-state index contributed by atoms with van der Waals surface area (Å²) < 4.78 is 18.6. The SMILES string of the molecule is O=C(NCc1csc(N2CCOCC2)n1)Nc1ccc(Cl)c(F)c1. The number of amides is 2. The maximum atomic E-state index is 13.3. The van der Waals surface area contributed by atoms with Gasteiger partial charge in [-0.05, 0) is 18.2 Å². The number of nitrogens with zero attached hydrogens (tertiary/aromatic N) is 2. The van der Waals surface area contributed by atoms with Gasteiger partial charge in [0.15, 0.2) is 5.13 Å². The van der Waals surface area contributed by atoms with Crippen molar-refractivity contribution in [2.75, 3.05) is 36.5 Å². The summed E-state index contributed by atoms with van der Waals surface area (Å²) in [6, 6.07) is 3.66. The van der Waals surface area contributed by atoms with E-state index in [1.165, 1.54) is 29.5 Å². The van der Waals surface area contributed by atoms with Gasteiger partial charge >= 0.3 is 6.03 Å². The predicted molar refractivity (Wildman–Crippen MR) is 92.4 cm³/mol. The van der Waals surface area contributed by atoms with Crippen LogP contribution < -0.4 is 15.5 Å². The summed E-state index contributed by atoms with van der Waals surface area (Å²) in [6.45, 7) is 3.34. The van der Waals surface area contributed by atoms with Crippen LogP contribution in [-0.4, -0.2) is 37.3 Å². The Kier molecular flexibility index (Phi) is 5.49. The highest BCUT2D eigenvalue weighted by Gasteiger charge is 2.15. The maximum Gasteiger partial charge on any atom is 0.319 e. The van der Waals surface area contributed by atoms with E-state index in [1.807, 2.05) is 5.38 Å². The van der Waals surface area contributed by atoms with Crippen molar-refractivity contribution in [3.8, 4) is 0 Å². The van der Waals surface area contributed by atoms with Gasteiger partial charge in [-0.2, -0.15) is 0 Å². The third-order valence-corrected chi connectivity index (χ3v) is 4.69. The molecule has 1 fully saturated rings. The Balaban J connectivity index is 1.50. The first-order valence-electron chi connectivity index (χ1n) is 7.39. The third-order valence-electron chi connectivity index (χ3n) is 3.43. The summed E-state index contributed by atoms with van der Waals surface area (Å²) in [6.07, 6.45) is 0. The fourth-order valence-electron chi connectivity index (χ4n) is 2.20. The standard InChI is InChI=1S/C15H16ClFN4O2S/c16-12-2-1-10(7-13(12)17)19-14(22)18-8-11-9-24-15(20-11)21-3-5-23-6-4-21/h1-2,7,9H,3-6,8H2,(H2,18,19,22). The molecule has 0 saturated carbocycles. The van der Waals surface area contributed by atoms with Gasteiger partial charge in [0.2, 0.25) is 0 Å². The quantitative estimate of drug-likeness (QED) is 0.868. The Morgan fingerprint density at radius 3 is 2.96 bits per heavy atom. The van der Waals surface area contributed by atoms with Gasteiger partial charge in [0.05, 0.1) is 30.5 Å². The molecule has 1 aliphatic heterocycles. The zero-order chi connectivity index (χ0) is 16.9. The molecule has 3 rings (SSSR count). The number of anilines is 2. The van der Waals surface area contributed by atoms with Crippen LogP contribution in [0, 0.1) is 5.82 Å². The number of benzene rings is 1. The molecule has 0 aliphatic carbocycles. The van der Waals surface area contributed by atoms with Crippen LogP contribution in [0.4, 0.5) is 20.0 Å². The van der Waals surface area contributed by atoms with Crippen molar-refractivity contribution in [3.05, 3.63) is 40.1 Å². The van der Waals surface area contributed by atoms with E-state index in [0.29, 0.717) is 25.4 Å². The summed E-state index contributed by atoms with van der Waals surface area (Å²) in [5.74, 6) is -0.580. The second-order valence-corrected chi connectivity index (χ2v) is 6.40. The lowest BCUT2D eigenvalue weighted by molar-refractivity contribution is 0.122. The maximum absolute atomic E-state index is 13.3. The molecule has 1 saturated heterocycles. The molecule has 6 nitrogen and oxygen atoms in total. The first-order valence-corrected chi connectivity index (χ1v) is 8.64. The first-order chi connectivity index (χ1) is 11.6. The highest BCUT2D eigenvalue weighted by molar-refractivity contribution is 7.13. The summed E-state index contributed by atoms with van der Waals surface area (Å²) in [7, 11) is 0. The molecule has 24 heavy (non-hydrogen) atoms. The number of hydrogen-bond acceptors (Lipinski definition) is 5. The van der Waals surface area contributed by atoms with Gasteiger partial charge in [-0.1, -0.05) is 11.6 Å². The molecule has 2 heterocycles. The van der Waals surface area contributed by atoms with Gasteiger partial charge in [-0.3, -0.25) is 0 Å². The van der Waals surface area contributed by atoms with E-state index in [0.717, 1.165) is 23.9 Å². The Morgan fingerprint density at radius 1 is 1.42 bits per heavy atom. The molecular formula is C15H16ClFN4O2S. The monoisotopic (exact) mass is 370 g/mol. The minimum Gasteiger partial charge on any atom is -0.378 e. The fourth-order valence-corrected chi connectivity index (χ4v) is 3.19. The molecule has 2 amide bonds. The Morgan fingerprint density at radius 2 is 2.21 bits per heavy atom. The van der Waals surface area contributed by atoms with E-state index < -0.39 is 11.8 Å². The molecule has 0 radical (unpaired) electrons. The van der Waals surface area contributed by atoms with Crippen molar-refractivity contribution < 1.29 is 13.9 Å². The number of halogens is 2. The van der Waals surface area contributed by atoms with Gasteiger partial charge in [-0.25, -0.2) is 14.2 Å². The Labute approximate surface area is 147 Å². The zero-order valence-corrected chi connectivity index (χ0v) is 14.3. The number of carbonyl (C=O) groups excluding carboxylic acids is 1. The highest BCUT2D eigenvalue weighted by Crippen LogP contribution is 2.21. The second kappa shape index (κ2) is 7.78. The number of thiazole rings is 1. The molecule has 1 aliphatic rings. The van der Waals surface area contributed by atoms with Gasteiger partial charge < -0.3 is 20.3 Å². The largest absolute Gasteiger partial charge is 0.378 e. The first kappa shape index (κ1) is 16.9. The molecule has 9 heteroatoms. The molecule has 2 N–H and O–H groups in total. The number of nitrogens with one attached hydrogen (secondary N) is 2. The average Bonchev–Trinajstić information content (AvgIpc) is 3.06. The Bertz CT molecular complexity index is 721. The molecule has 1 aromatic heterocycles. The van der Waals surface area contributed by atoms with E-state index in [-0.39, 0.29) is 5.02 Å². The average molecular weight is 371 g/mol. The molecule has 2 aromatic rings. The summed E-state index contributed by atoms with van der Waals surface area (Å²) in [4.78, 5) is 18.5. The van der Waals surface area contributed by atoms with Crippen LogP contribution in [0.15, 0.2) is 23.6 Å². The molecular weight excluding hydrogens is 355 g/mol. The summed E-state index contributed by atoms with van der Waals surface area (Å²) >= 11 is 7.14. The van der Waals surface area contributed by atoms with Crippen LogP contribution in [0.1, 0.15) is 5.69 Å². The number of carbonyl (C=O) groups is 1. The number of aromatic nitrogens is 1. The van der Waals surface area contributed by atoms with Gasteiger partial charge in [0.1, 0.15) is 5.82 Å². The molecule has 0 unspecified atom stereocenters. The van der Waals surface area contributed by atoms with Gasteiger partial charge in [0, 0.05) is 24.2 Å².